The van der Waals surface area contributed by atoms with Crippen LogP contribution < -0.4 is 10.6 Å². The lowest BCUT2D eigenvalue weighted by atomic mass is 9.77. The fraction of sp³-hybridized carbons (Fsp3) is 0.750. The van der Waals surface area contributed by atoms with Gasteiger partial charge in [-0.25, -0.2) is 4.68 Å². The highest BCUT2D eigenvalue weighted by Crippen LogP contribution is 2.32. The lowest BCUT2D eigenvalue weighted by Gasteiger charge is -2.39. The molecule has 1 aliphatic carbocycles. The van der Waals surface area contributed by atoms with E-state index in [2.05, 4.69) is 29.6 Å². The first-order valence-corrected chi connectivity index (χ1v) is 8.25. The van der Waals surface area contributed by atoms with Crippen molar-refractivity contribution >= 4 is 11.7 Å². The van der Waals surface area contributed by atoms with Crippen molar-refractivity contribution in [3.8, 4) is 0 Å². The number of fused-ring (bicyclic) bond motifs is 1. The molecular weight excluding hydrogens is 264 g/mol. The van der Waals surface area contributed by atoms with Gasteiger partial charge in [-0.2, -0.15) is 5.10 Å². The van der Waals surface area contributed by atoms with Crippen LogP contribution in [0, 0.1) is 5.92 Å². The van der Waals surface area contributed by atoms with E-state index < -0.39 is 0 Å². The Hall–Kier alpha value is -1.36. The topological polar surface area (TPSA) is 59.0 Å². The summed E-state index contributed by atoms with van der Waals surface area (Å²) < 4.78 is 1.85. The van der Waals surface area contributed by atoms with Gasteiger partial charge in [-0.1, -0.05) is 12.8 Å². The van der Waals surface area contributed by atoms with Crippen molar-refractivity contribution in [2.24, 2.45) is 5.92 Å². The van der Waals surface area contributed by atoms with E-state index >= 15 is 0 Å². The molecule has 0 radical (unpaired) electrons. The van der Waals surface area contributed by atoms with Crippen LogP contribution in [0.1, 0.15) is 58.4 Å². The molecule has 1 saturated heterocycles. The number of aromatic nitrogens is 2. The Morgan fingerprint density at radius 2 is 2.14 bits per heavy atom. The van der Waals surface area contributed by atoms with Crippen molar-refractivity contribution in [2.75, 3.05) is 5.32 Å². The quantitative estimate of drug-likeness (QED) is 0.900. The first-order valence-electron chi connectivity index (χ1n) is 8.25. The third-order valence-corrected chi connectivity index (χ3v) is 4.88. The van der Waals surface area contributed by atoms with Crippen molar-refractivity contribution in [3.63, 3.8) is 0 Å². The van der Waals surface area contributed by atoms with E-state index in [-0.39, 0.29) is 18.0 Å². The molecule has 1 aliphatic heterocycles. The summed E-state index contributed by atoms with van der Waals surface area (Å²) in [6.07, 6.45) is 9.06. The Morgan fingerprint density at radius 1 is 1.33 bits per heavy atom. The second-order valence-electron chi connectivity index (χ2n) is 6.69. The predicted molar refractivity (Wildman–Crippen MR) is 83.1 cm³/mol. The van der Waals surface area contributed by atoms with E-state index in [0.717, 1.165) is 18.2 Å². The zero-order valence-corrected chi connectivity index (χ0v) is 13.0. The van der Waals surface area contributed by atoms with Gasteiger partial charge in [0.05, 0.1) is 12.2 Å². The van der Waals surface area contributed by atoms with Crippen molar-refractivity contribution in [1.29, 1.82) is 0 Å². The van der Waals surface area contributed by atoms with Gasteiger partial charge in [-0.15, -0.1) is 0 Å². The van der Waals surface area contributed by atoms with Gasteiger partial charge >= 0.3 is 0 Å². The molecular formula is C16H26N4O. The van der Waals surface area contributed by atoms with Crippen molar-refractivity contribution in [2.45, 2.75) is 70.5 Å². The normalized spacial score (nSPS) is 29.2. The number of carbonyl (C=O) groups is 1. The Morgan fingerprint density at radius 3 is 2.95 bits per heavy atom. The SMILES string of the molecule is CC(C)n1nccc1NC(=O)C1CCC2CCCCC2N1. The zero-order chi connectivity index (χ0) is 14.8. The molecule has 5 nitrogen and oxygen atoms in total. The lowest BCUT2D eigenvalue weighted by Crippen LogP contribution is -2.53. The van der Waals surface area contributed by atoms with Crippen molar-refractivity contribution in [1.82, 2.24) is 15.1 Å². The summed E-state index contributed by atoms with van der Waals surface area (Å²) in [7, 11) is 0. The van der Waals surface area contributed by atoms with E-state index in [0.29, 0.717) is 6.04 Å². The summed E-state index contributed by atoms with van der Waals surface area (Å²) in [6.45, 7) is 4.13. The second-order valence-corrected chi connectivity index (χ2v) is 6.69. The van der Waals surface area contributed by atoms with Crippen LogP contribution in [0.2, 0.25) is 0 Å². The molecule has 116 valence electrons. The maximum atomic E-state index is 12.5. The van der Waals surface area contributed by atoms with Gasteiger partial charge < -0.3 is 10.6 Å². The minimum atomic E-state index is -0.0557. The maximum absolute atomic E-state index is 12.5. The van der Waals surface area contributed by atoms with Crippen molar-refractivity contribution < 1.29 is 4.79 Å². The standard InChI is InChI=1S/C16H26N4O/c1-11(2)20-15(9-10-17-20)19-16(21)14-8-7-12-5-3-4-6-13(12)18-14/h9-14,18H,3-8H2,1-2H3,(H,19,21). The number of rotatable bonds is 3. The fourth-order valence-corrected chi connectivity index (χ4v) is 3.74. The second kappa shape index (κ2) is 6.18. The van der Waals surface area contributed by atoms with Crippen LogP contribution in [0.15, 0.2) is 12.3 Å². The number of nitrogens with zero attached hydrogens (tertiary/aromatic N) is 2. The van der Waals surface area contributed by atoms with E-state index in [4.69, 9.17) is 0 Å². The molecule has 3 unspecified atom stereocenters. The molecule has 2 aliphatic rings. The van der Waals surface area contributed by atoms with Gasteiger partial charge in [-0.05, 0) is 45.4 Å². The van der Waals surface area contributed by atoms with Crippen LogP contribution in [-0.4, -0.2) is 27.8 Å². The number of amides is 1. The number of piperidine rings is 1. The van der Waals surface area contributed by atoms with Crippen LogP contribution in [0.25, 0.3) is 0 Å². The number of anilines is 1. The number of nitrogens with one attached hydrogen (secondary N) is 2. The summed E-state index contributed by atoms with van der Waals surface area (Å²) in [5.74, 6) is 1.66. The van der Waals surface area contributed by atoms with Gasteiger partial charge in [-0.3, -0.25) is 4.79 Å². The minimum Gasteiger partial charge on any atom is -0.310 e. The summed E-state index contributed by atoms with van der Waals surface area (Å²) in [4.78, 5) is 12.5. The summed E-state index contributed by atoms with van der Waals surface area (Å²) in [6, 6.07) is 2.60. The zero-order valence-electron chi connectivity index (χ0n) is 13.0. The molecule has 2 N–H and O–H groups in total. The van der Waals surface area contributed by atoms with Gasteiger partial charge in [0.25, 0.3) is 0 Å². The van der Waals surface area contributed by atoms with E-state index in [1.54, 1.807) is 6.20 Å². The molecule has 1 aromatic rings. The Kier molecular flexibility index (Phi) is 4.29. The molecule has 2 fully saturated rings. The fourth-order valence-electron chi connectivity index (χ4n) is 3.74. The molecule has 3 atom stereocenters. The highest BCUT2D eigenvalue weighted by atomic mass is 16.2. The predicted octanol–water partition coefficient (Wildman–Crippen LogP) is 2.71. The maximum Gasteiger partial charge on any atom is 0.242 e. The number of hydrogen-bond donors (Lipinski definition) is 2. The molecule has 21 heavy (non-hydrogen) atoms. The molecule has 2 heterocycles. The monoisotopic (exact) mass is 290 g/mol. The Balaban J connectivity index is 1.62. The smallest absolute Gasteiger partial charge is 0.242 e. The van der Waals surface area contributed by atoms with E-state index in [1.807, 2.05) is 10.7 Å². The highest BCUT2D eigenvalue weighted by Gasteiger charge is 2.34. The Labute approximate surface area is 126 Å². The molecule has 5 heteroatoms. The van der Waals surface area contributed by atoms with Crippen LogP contribution >= 0.6 is 0 Å². The van der Waals surface area contributed by atoms with Crippen molar-refractivity contribution in [3.05, 3.63) is 12.3 Å². The number of hydrogen-bond acceptors (Lipinski definition) is 3. The van der Waals surface area contributed by atoms with Gasteiger partial charge in [0, 0.05) is 18.2 Å². The van der Waals surface area contributed by atoms with E-state index in [9.17, 15) is 4.79 Å². The van der Waals surface area contributed by atoms with Crippen LogP contribution in [-0.2, 0) is 4.79 Å². The highest BCUT2D eigenvalue weighted by molar-refractivity contribution is 5.94. The molecule has 0 spiro atoms. The van der Waals surface area contributed by atoms with Crippen LogP contribution in [0.3, 0.4) is 0 Å². The van der Waals surface area contributed by atoms with Crippen LogP contribution in [0.4, 0.5) is 5.82 Å². The summed E-state index contributed by atoms with van der Waals surface area (Å²) >= 11 is 0. The largest absolute Gasteiger partial charge is 0.310 e. The lowest BCUT2D eigenvalue weighted by molar-refractivity contribution is -0.119. The minimum absolute atomic E-state index is 0.0557. The third-order valence-electron chi connectivity index (χ3n) is 4.88. The number of carbonyl (C=O) groups excluding carboxylic acids is 1. The molecule has 1 saturated carbocycles. The molecule has 0 aromatic carbocycles. The average Bonchev–Trinajstić information content (AvgIpc) is 2.95. The summed E-state index contributed by atoms with van der Waals surface area (Å²) in [5.41, 5.74) is 0. The molecule has 1 amide bonds. The first kappa shape index (κ1) is 14.6. The first-order chi connectivity index (χ1) is 10.1. The molecule has 1 aromatic heterocycles. The van der Waals surface area contributed by atoms with Gasteiger partial charge in [0.15, 0.2) is 0 Å². The Bertz CT molecular complexity index is 496. The third kappa shape index (κ3) is 3.12. The molecule has 3 rings (SSSR count). The van der Waals surface area contributed by atoms with Gasteiger partial charge in [0.2, 0.25) is 5.91 Å². The summed E-state index contributed by atoms with van der Waals surface area (Å²) in [5, 5.41) is 10.9. The average molecular weight is 290 g/mol. The molecule has 0 bridgehead atoms. The van der Waals surface area contributed by atoms with Gasteiger partial charge in [0.1, 0.15) is 5.82 Å². The van der Waals surface area contributed by atoms with Crippen LogP contribution in [0.5, 0.6) is 0 Å². The van der Waals surface area contributed by atoms with E-state index in [1.165, 1.54) is 32.1 Å².